The lowest BCUT2D eigenvalue weighted by atomic mass is 9.93. The third kappa shape index (κ3) is 3.26. The molecule has 0 aliphatic rings. The van der Waals surface area contributed by atoms with Gasteiger partial charge in [-0.3, -0.25) is 16.3 Å². The van der Waals surface area contributed by atoms with Gasteiger partial charge in [0.1, 0.15) is 0 Å². The van der Waals surface area contributed by atoms with Gasteiger partial charge >= 0.3 is 0 Å². The van der Waals surface area contributed by atoms with E-state index in [-0.39, 0.29) is 6.04 Å². The lowest BCUT2D eigenvalue weighted by Gasteiger charge is -2.20. The van der Waals surface area contributed by atoms with Crippen LogP contribution < -0.4 is 11.3 Å². The summed E-state index contributed by atoms with van der Waals surface area (Å²) in [5.41, 5.74) is 9.05. The second-order valence-electron chi connectivity index (χ2n) is 5.17. The Morgan fingerprint density at radius 1 is 1.25 bits per heavy atom. The number of nitrogens with one attached hydrogen (secondary N) is 1. The van der Waals surface area contributed by atoms with Crippen molar-refractivity contribution in [3.8, 4) is 0 Å². The predicted octanol–water partition coefficient (Wildman–Crippen LogP) is 3.52. The van der Waals surface area contributed by atoms with E-state index in [0.717, 1.165) is 16.6 Å². The van der Waals surface area contributed by atoms with Crippen LogP contribution in [0.3, 0.4) is 0 Å². The highest BCUT2D eigenvalue weighted by Crippen LogP contribution is 2.26. The maximum absolute atomic E-state index is 5.74. The molecule has 1 atom stereocenters. The largest absolute Gasteiger partial charge is 0.271 e. The summed E-state index contributed by atoms with van der Waals surface area (Å²) in [6.45, 7) is 6.42. The van der Waals surface area contributed by atoms with Crippen LogP contribution in [0.5, 0.6) is 0 Å². The van der Waals surface area contributed by atoms with Crippen LogP contribution in [0, 0.1) is 20.8 Å². The van der Waals surface area contributed by atoms with E-state index in [1.165, 1.54) is 22.3 Å². The van der Waals surface area contributed by atoms with E-state index in [2.05, 4.69) is 59.2 Å². The first-order valence-electron chi connectivity index (χ1n) is 6.66. The van der Waals surface area contributed by atoms with Gasteiger partial charge in [-0.1, -0.05) is 17.7 Å². The van der Waals surface area contributed by atoms with Crippen molar-refractivity contribution in [1.82, 2.24) is 10.4 Å². The van der Waals surface area contributed by atoms with Gasteiger partial charge < -0.3 is 0 Å². The lowest BCUT2D eigenvalue weighted by molar-refractivity contribution is 0.534. The number of rotatable bonds is 4. The molecule has 4 heteroatoms. The van der Waals surface area contributed by atoms with Gasteiger partial charge in [-0.25, -0.2) is 0 Å². The molecule has 0 amide bonds. The topological polar surface area (TPSA) is 50.9 Å². The molecule has 0 fully saturated rings. The number of benzene rings is 1. The summed E-state index contributed by atoms with van der Waals surface area (Å²) >= 11 is 3.54. The number of aryl methyl sites for hydroxylation is 3. The Kier molecular flexibility index (Phi) is 4.91. The van der Waals surface area contributed by atoms with E-state index < -0.39 is 0 Å². The fourth-order valence-corrected chi connectivity index (χ4v) is 3.16. The van der Waals surface area contributed by atoms with Crippen LogP contribution in [0.25, 0.3) is 0 Å². The molecular weight excluding hydrogens is 314 g/mol. The highest BCUT2D eigenvalue weighted by Gasteiger charge is 2.17. The maximum Gasteiger partial charge on any atom is 0.0731 e. The summed E-state index contributed by atoms with van der Waals surface area (Å²) in [5.74, 6) is 5.74. The standard InChI is InChI=1S/C16H20BrN3/c1-10-7-11(2)13(12(3)8-10)9-15(20-18)16-14(17)5-4-6-19-16/h4-8,15,20H,9,18H2,1-3H3. The van der Waals surface area contributed by atoms with Crippen molar-refractivity contribution in [2.75, 3.05) is 0 Å². The molecule has 1 aromatic heterocycles. The van der Waals surface area contributed by atoms with Crippen LogP contribution in [0.1, 0.15) is 34.0 Å². The number of pyridine rings is 1. The average Bonchev–Trinajstić information content (AvgIpc) is 2.39. The molecule has 0 spiro atoms. The van der Waals surface area contributed by atoms with Crippen LogP contribution in [-0.4, -0.2) is 4.98 Å². The normalized spacial score (nSPS) is 12.4. The molecule has 0 saturated carbocycles. The highest BCUT2D eigenvalue weighted by atomic mass is 79.9. The third-order valence-electron chi connectivity index (χ3n) is 3.57. The number of hydrogen-bond donors (Lipinski definition) is 2. The van der Waals surface area contributed by atoms with Crippen molar-refractivity contribution < 1.29 is 0 Å². The Bertz CT molecular complexity index is 587. The Hall–Kier alpha value is -1.23. The quantitative estimate of drug-likeness (QED) is 0.664. The molecule has 0 aliphatic carbocycles. The van der Waals surface area contributed by atoms with Crippen LogP contribution in [0.2, 0.25) is 0 Å². The molecule has 0 aliphatic heterocycles. The fraction of sp³-hybridized carbons (Fsp3) is 0.312. The molecule has 1 heterocycles. The van der Waals surface area contributed by atoms with E-state index in [9.17, 15) is 0 Å². The third-order valence-corrected chi connectivity index (χ3v) is 4.24. The number of nitrogens with zero attached hydrogens (tertiary/aromatic N) is 1. The molecular formula is C16H20BrN3. The summed E-state index contributed by atoms with van der Waals surface area (Å²) in [5, 5.41) is 0. The van der Waals surface area contributed by atoms with Crippen molar-refractivity contribution in [3.63, 3.8) is 0 Å². The minimum Gasteiger partial charge on any atom is -0.271 e. The fourth-order valence-electron chi connectivity index (χ4n) is 2.62. The molecule has 20 heavy (non-hydrogen) atoms. The Morgan fingerprint density at radius 2 is 1.90 bits per heavy atom. The molecule has 2 aromatic rings. The van der Waals surface area contributed by atoms with Crippen molar-refractivity contribution >= 4 is 15.9 Å². The van der Waals surface area contributed by atoms with E-state index in [1.54, 1.807) is 6.20 Å². The Balaban J connectivity index is 2.35. The average molecular weight is 334 g/mol. The minimum atomic E-state index is -0.00863. The molecule has 2 rings (SSSR count). The smallest absolute Gasteiger partial charge is 0.0731 e. The second-order valence-corrected chi connectivity index (χ2v) is 6.03. The van der Waals surface area contributed by atoms with Gasteiger partial charge in [-0.05, 0) is 71.9 Å². The molecule has 106 valence electrons. The van der Waals surface area contributed by atoms with E-state index in [0.29, 0.717) is 0 Å². The van der Waals surface area contributed by atoms with Crippen molar-refractivity contribution in [1.29, 1.82) is 0 Å². The molecule has 0 saturated heterocycles. The van der Waals surface area contributed by atoms with Gasteiger partial charge in [0, 0.05) is 10.7 Å². The van der Waals surface area contributed by atoms with Gasteiger partial charge in [0.25, 0.3) is 0 Å². The van der Waals surface area contributed by atoms with Crippen molar-refractivity contribution in [2.45, 2.75) is 33.2 Å². The highest BCUT2D eigenvalue weighted by molar-refractivity contribution is 9.10. The Labute approximate surface area is 128 Å². The zero-order valence-corrected chi connectivity index (χ0v) is 13.7. The monoisotopic (exact) mass is 333 g/mol. The van der Waals surface area contributed by atoms with E-state index in [1.807, 2.05) is 12.1 Å². The zero-order valence-electron chi connectivity index (χ0n) is 12.1. The SMILES string of the molecule is Cc1cc(C)c(CC(NN)c2ncccc2Br)c(C)c1. The molecule has 0 bridgehead atoms. The zero-order chi connectivity index (χ0) is 14.7. The lowest BCUT2D eigenvalue weighted by Crippen LogP contribution is -2.31. The summed E-state index contributed by atoms with van der Waals surface area (Å²) in [6, 6.07) is 8.31. The summed E-state index contributed by atoms with van der Waals surface area (Å²) in [7, 11) is 0. The van der Waals surface area contributed by atoms with Crippen LogP contribution in [0.4, 0.5) is 0 Å². The van der Waals surface area contributed by atoms with Crippen molar-refractivity contribution in [2.24, 2.45) is 5.84 Å². The minimum absolute atomic E-state index is 0.00863. The first kappa shape index (κ1) is 15.2. The number of aromatic nitrogens is 1. The summed E-state index contributed by atoms with van der Waals surface area (Å²) in [6.07, 6.45) is 2.61. The molecule has 3 N–H and O–H groups in total. The maximum atomic E-state index is 5.74. The molecule has 0 radical (unpaired) electrons. The summed E-state index contributed by atoms with van der Waals surface area (Å²) < 4.78 is 0.977. The first-order chi connectivity index (χ1) is 9.52. The summed E-state index contributed by atoms with van der Waals surface area (Å²) in [4.78, 5) is 4.43. The Morgan fingerprint density at radius 3 is 2.45 bits per heavy atom. The van der Waals surface area contributed by atoms with Crippen LogP contribution in [0.15, 0.2) is 34.9 Å². The van der Waals surface area contributed by atoms with Gasteiger partial charge in [0.15, 0.2) is 0 Å². The molecule has 1 unspecified atom stereocenters. The van der Waals surface area contributed by atoms with E-state index >= 15 is 0 Å². The van der Waals surface area contributed by atoms with Gasteiger partial charge in [-0.15, -0.1) is 0 Å². The van der Waals surface area contributed by atoms with Crippen LogP contribution >= 0.6 is 15.9 Å². The predicted molar refractivity (Wildman–Crippen MR) is 86.4 cm³/mol. The second kappa shape index (κ2) is 6.48. The number of hydrogen-bond acceptors (Lipinski definition) is 3. The molecule has 3 nitrogen and oxygen atoms in total. The van der Waals surface area contributed by atoms with Gasteiger partial charge in [0.2, 0.25) is 0 Å². The van der Waals surface area contributed by atoms with Crippen molar-refractivity contribution in [3.05, 3.63) is 62.9 Å². The van der Waals surface area contributed by atoms with E-state index in [4.69, 9.17) is 5.84 Å². The first-order valence-corrected chi connectivity index (χ1v) is 7.45. The number of nitrogens with two attached hydrogens (primary N) is 1. The molecule has 1 aromatic carbocycles. The number of hydrazine groups is 1. The van der Waals surface area contributed by atoms with Crippen LogP contribution in [-0.2, 0) is 6.42 Å². The number of halogens is 1. The van der Waals surface area contributed by atoms with Gasteiger partial charge in [-0.2, -0.15) is 0 Å². The van der Waals surface area contributed by atoms with Gasteiger partial charge in [0.05, 0.1) is 11.7 Å².